The number of nitrogens with one attached hydrogen (secondary N) is 1. The highest BCUT2D eigenvalue weighted by Crippen LogP contribution is 2.33. The maximum atomic E-state index is 12.9. The lowest BCUT2D eigenvalue weighted by Crippen LogP contribution is -2.37. The van der Waals surface area contributed by atoms with Gasteiger partial charge in [0.25, 0.3) is 5.91 Å². The van der Waals surface area contributed by atoms with E-state index in [1.165, 1.54) is 12.1 Å². The zero-order valence-electron chi connectivity index (χ0n) is 18.3. The molecule has 1 atom stereocenters. The molecule has 0 aliphatic rings. The Morgan fingerprint density at radius 1 is 1.13 bits per heavy atom. The van der Waals surface area contributed by atoms with Crippen molar-refractivity contribution in [1.82, 2.24) is 15.4 Å². The maximum absolute atomic E-state index is 12.9. The number of halogens is 3. The van der Waals surface area contributed by atoms with Gasteiger partial charge in [0.1, 0.15) is 0 Å². The van der Waals surface area contributed by atoms with Gasteiger partial charge in [-0.25, -0.2) is 0 Å². The van der Waals surface area contributed by atoms with E-state index in [2.05, 4.69) is 15.4 Å². The van der Waals surface area contributed by atoms with Crippen LogP contribution >= 0.6 is 0 Å². The van der Waals surface area contributed by atoms with Crippen molar-refractivity contribution in [2.24, 2.45) is 5.92 Å². The number of hydrogen-bond acceptors (Lipinski definition) is 4. The molecule has 2 rings (SSSR count). The van der Waals surface area contributed by atoms with Crippen LogP contribution in [0, 0.1) is 5.92 Å². The van der Waals surface area contributed by atoms with E-state index in [1.807, 2.05) is 41.5 Å². The molecule has 1 aromatic carbocycles. The second-order valence-electron chi connectivity index (χ2n) is 8.08. The van der Waals surface area contributed by atoms with Crippen molar-refractivity contribution in [3.8, 4) is 11.3 Å². The van der Waals surface area contributed by atoms with Gasteiger partial charge >= 0.3 is 6.18 Å². The zero-order valence-corrected chi connectivity index (χ0v) is 18.3. The third-order valence-electron chi connectivity index (χ3n) is 5.33. The molecule has 0 saturated carbocycles. The minimum atomic E-state index is -4.42. The molecule has 8 heteroatoms. The van der Waals surface area contributed by atoms with Crippen molar-refractivity contribution in [3.05, 3.63) is 41.1 Å². The smallest absolute Gasteiger partial charge is 0.355 e. The number of amides is 1. The second kappa shape index (κ2) is 9.64. The van der Waals surface area contributed by atoms with Gasteiger partial charge in [0.2, 0.25) is 0 Å². The van der Waals surface area contributed by atoms with Crippen LogP contribution in [0.4, 0.5) is 13.2 Å². The standard InChI is InChI=1S/C22H30F3N3O2/c1-7-28(14(4)5)12-18-19(21(29)26-15(6)13(2)3)27-30-20(18)16-8-10-17(11-9-16)22(23,24)25/h8-11,13-15H,7,12H2,1-6H3,(H,26,29)/t15-/m0/s1. The molecule has 30 heavy (non-hydrogen) atoms. The van der Waals surface area contributed by atoms with Crippen molar-refractivity contribution < 1.29 is 22.5 Å². The summed E-state index contributed by atoms with van der Waals surface area (Å²) in [4.78, 5) is 15.0. The first kappa shape index (κ1) is 23.9. The Bertz CT molecular complexity index is 842. The Morgan fingerprint density at radius 3 is 2.20 bits per heavy atom. The van der Waals surface area contributed by atoms with Gasteiger partial charge in [-0.05, 0) is 45.4 Å². The van der Waals surface area contributed by atoms with E-state index in [9.17, 15) is 18.0 Å². The van der Waals surface area contributed by atoms with Crippen LogP contribution in [0.3, 0.4) is 0 Å². The number of hydrogen-bond donors (Lipinski definition) is 1. The first-order valence-electron chi connectivity index (χ1n) is 10.2. The van der Waals surface area contributed by atoms with E-state index in [-0.39, 0.29) is 29.6 Å². The number of carbonyl (C=O) groups is 1. The number of carbonyl (C=O) groups excluding carboxylic acids is 1. The summed E-state index contributed by atoms with van der Waals surface area (Å²) < 4.78 is 44.2. The second-order valence-corrected chi connectivity index (χ2v) is 8.08. The quantitative estimate of drug-likeness (QED) is 0.618. The minimum absolute atomic E-state index is 0.0658. The summed E-state index contributed by atoms with van der Waals surface area (Å²) in [6.45, 7) is 13.1. The molecular formula is C22H30F3N3O2. The molecule has 166 valence electrons. The number of alkyl halides is 3. The molecule has 0 fully saturated rings. The number of benzene rings is 1. The Morgan fingerprint density at radius 2 is 1.73 bits per heavy atom. The molecule has 1 heterocycles. The Kier molecular flexibility index (Phi) is 7.69. The number of aromatic nitrogens is 1. The molecule has 0 bridgehead atoms. The van der Waals surface area contributed by atoms with E-state index in [4.69, 9.17) is 4.52 Å². The lowest BCUT2D eigenvalue weighted by atomic mass is 10.0. The van der Waals surface area contributed by atoms with Crippen LogP contribution in [-0.2, 0) is 12.7 Å². The number of nitrogens with zero attached hydrogens (tertiary/aromatic N) is 2. The molecule has 0 unspecified atom stereocenters. The number of rotatable bonds is 8. The Balaban J connectivity index is 2.47. The highest BCUT2D eigenvalue weighted by Gasteiger charge is 2.31. The summed E-state index contributed by atoms with van der Waals surface area (Å²) in [5.41, 5.74) is 0.435. The molecular weight excluding hydrogens is 395 g/mol. The molecule has 1 aromatic heterocycles. The third-order valence-corrected chi connectivity index (χ3v) is 5.33. The molecule has 0 radical (unpaired) electrons. The van der Waals surface area contributed by atoms with Crippen LogP contribution in [0.1, 0.15) is 63.2 Å². The summed E-state index contributed by atoms with van der Waals surface area (Å²) in [6.07, 6.45) is -4.42. The van der Waals surface area contributed by atoms with E-state index >= 15 is 0 Å². The molecule has 0 aliphatic carbocycles. The lowest BCUT2D eigenvalue weighted by Gasteiger charge is -2.25. The van der Waals surface area contributed by atoms with E-state index in [0.29, 0.717) is 23.4 Å². The van der Waals surface area contributed by atoms with Crippen LogP contribution in [0.2, 0.25) is 0 Å². The normalized spacial score (nSPS) is 13.3. The zero-order chi connectivity index (χ0) is 22.6. The average Bonchev–Trinajstić information content (AvgIpc) is 3.08. The highest BCUT2D eigenvalue weighted by molar-refractivity contribution is 5.95. The minimum Gasteiger partial charge on any atom is -0.355 e. The summed E-state index contributed by atoms with van der Waals surface area (Å²) in [5, 5.41) is 6.91. The van der Waals surface area contributed by atoms with Gasteiger partial charge in [0, 0.05) is 29.8 Å². The molecule has 0 saturated heterocycles. The van der Waals surface area contributed by atoms with Gasteiger partial charge in [-0.3, -0.25) is 9.69 Å². The summed E-state index contributed by atoms with van der Waals surface area (Å²) in [6, 6.07) is 4.83. The Labute approximate surface area is 175 Å². The first-order chi connectivity index (χ1) is 14.0. The van der Waals surface area contributed by atoms with Crippen molar-refractivity contribution in [2.75, 3.05) is 6.54 Å². The molecule has 2 aromatic rings. The van der Waals surface area contributed by atoms with Crippen LogP contribution in [0.25, 0.3) is 11.3 Å². The van der Waals surface area contributed by atoms with Crippen LogP contribution in [0.5, 0.6) is 0 Å². The third kappa shape index (κ3) is 5.62. The predicted molar refractivity (Wildman–Crippen MR) is 110 cm³/mol. The molecule has 1 amide bonds. The van der Waals surface area contributed by atoms with Gasteiger partial charge in [0.05, 0.1) is 5.56 Å². The summed E-state index contributed by atoms with van der Waals surface area (Å²) >= 11 is 0. The van der Waals surface area contributed by atoms with E-state index in [1.54, 1.807) is 0 Å². The van der Waals surface area contributed by atoms with Crippen molar-refractivity contribution in [3.63, 3.8) is 0 Å². The molecule has 0 spiro atoms. The molecule has 1 N–H and O–H groups in total. The van der Waals surface area contributed by atoms with Crippen LogP contribution in [0.15, 0.2) is 28.8 Å². The van der Waals surface area contributed by atoms with Gasteiger partial charge < -0.3 is 9.84 Å². The van der Waals surface area contributed by atoms with Gasteiger partial charge in [-0.1, -0.05) is 38.1 Å². The van der Waals surface area contributed by atoms with Crippen molar-refractivity contribution in [1.29, 1.82) is 0 Å². The molecule has 0 aliphatic heterocycles. The van der Waals surface area contributed by atoms with E-state index < -0.39 is 11.7 Å². The SMILES string of the molecule is CCN(Cc1c(C(=O)N[C@@H](C)C(C)C)noc1-c1ccc(C(F)(F)F)cc1)C(C)C. The highest BCUT2D eigenvalue weighted by atomic mass is 19.4. The van der Waals surface area contributed by atoms with Crippen LogP contribution in [-0.4, -0.2) is 34.6 Å². The van der Waals surface area contributed by atoms with E-state index in [0.717, 1.165) is 18.7 Å². The fraction of sp³-hybridized carbons (Fsp3) is 0.545. The monoisotopic (exact) mass is 425 g/mol. The summed E-state index contributed by atoms with van der Waals surface area (Å²) in [7, 11) is 0. The largest absolute Gasteiger partial charge is 0.416 e. The van der Waals surface area contributed by atoms with Crippen molar-refractivity contribution >= 4 is 5.91 Å². The fourth-order valence-electron chi connectivity index (χ4n) is 2.98. The summed E-state index contributed by atoms with van der Waals surface area (Å²) in [5.74, 6) is 0.194. The Hall–Kier alpha value is -2.35. The molecule has 5 nitrogen and oxygen atoms in total. The van der Waals surface area contributed by atoms with Gasteiger partial charge in [-0.2, -0.15) is 13.2 Å². The van der Waals surface area contributed by atoms with Crippen molar-refractivity contribution in [2.45, 2.75) is 66.3 Å². The van der Waals surface area contributed by atoms with Gasteiger partial charge in [-0.15, -0.1) is 0 Å². The maximum Gasteiger partial charge on any atom is 0.416 e. The first-order valence-corrected chi connectivity index (χ1v) is 10.2. The lowest BCUT2D eigenvalue weighted by molar-refractivity contribution is -0.137. The van der Waals surface area contributed by atoms with Crippen LogP contribution < -0.4 is 5.32 Å². The topological polar surface area (TPSA) is 58.4 Å². The fourth-order valence-corrected chi connectivity index (χ4v) is 2.98. The average molecular weight is 425 g/mol. The predicted octanol–water partition coefficient (Wildman–Crippen LogP) is 5.37. The van der Waals surface area contributed by atoms with Gasteiger partial charge in [0.15, 0.2) is 11.5 Å².